The molecule has 5 heteroatoms. The number of imidazole rings is 1. The number of nitrogens with zero attached hydrogens (tertiary/aromatic N) is 3. The zero-order valence-corrected chi connectivity index (χ0v) is 14.3. The number of aromatic nitrogens is 2. The molecular weight excluding hydrogens is 328 g/mol. The van der Waals surface area contributed by atoms with Gasteiger partial charge in [0, 0.05) is 30.3 Å². The van der Waals surface area contributed by atoms with Gasteiger partial charge < -0.3 is 10.3 Å². The van der Waals surface area contributed by atoms with Crippen molar-refractivity contribution in [2.75, 3.05) is 13.6 Å². The lowest BCUT2D eigenvalue weighted by molar-refractivity contribution is 0.232. The van der Waals surface area contributed by atoms with Crippen LogP contribution in [-0.2, 0) is 13.1 Å². The lowest BCUT2D eigenvalue weighted by atomic mass is 10.1. The Morgan fingerprint density at radius 3 is 2.90 bits per heavy atom. The first-order valence-corrected chi connectivity index (χ1v) is 8.09. The molecule has 0 aliphatic rings. The molecule has 0 saturated carbocycles. The van der Waals surface area contributed by atoms with Gasteiger partial charge in [0.1, 0.15) is 0 Å². The van der Waals surface area contributed by atoms with Crippen LogP contribution in [0.4, 0.5) is 0 Å². The third kappa shape index (κ3) is 4.15. The largest absolute Gasteiger partial charge is 0.333 e. The Labute approximate surface area is 135 Å². The first-order chi connectivity index (χ1) is 10.2. The summed E-state index contributed by atoms with van der Waals surface area (Å²) in [5.74, 6) is 0. The second-order valence-electron chi connectivity index (χ2n) is 5.31. The number of halogens is 1. The van der Waals surface area contributed by atoms with Crippen molar-refractivity contribution in [3.05, 3.63) is 52.5 Å². The van der Waals surface area contributed by atoms with Crippen LogP contribution < -0.4 is 5.73 Å². The Bertz CT molecular complexity index is 567. The maximum atomic E-state index is 6.02. The van der Waals surface area contributed by atoms with Gasteiger partial charge in [0.25, 0.3) is 0 Å². The van der Waals surface area contributed by atoms with E-state index in [1.807, 2.05) is 18.6 Å². The first kappa shape index (κ1) is 16.2. The van der Waals surface area contributed by atoms with Crippen molar-refractivity contribution >= 4 is 15.9 Å². The fraction of sp³-hybridized carbons (Fsp3) is 0.438. The molecular formula is C16H23BrN4. The molecule has 114 valence electrons. The van der Waals surface area contributed by atoms with Crippen molar-refractivity contribution in [2.24, 2.45) is 5.73 Å². The summed E-state index contributed by atoms with van der Waals surface area (Å²) in [5, 5.41) is 0. The standard InChI is InChI=1S/C16H23BrN4/c1-3-7-21-12-19-10-16(21)15(9-18)20(2)11-13-5-4-6-14(17)8-13/h4-6,8,10,12,15H,3,7,9,11,18H2,1-2H3. The van der Waals surface area contributed by atoms with Crippen LogP contribution in [0.2, 0.25) is 0 Å². The minimum Gasteiger partial charge on any atom is -0.333 e. The Balaban J connectivity index is 2.14. The molecule has 0 amide bonds. The van der Waals surface area contributed by atoms with Gasteiger partial charge >= 0.3 is 0 Å². The monoisotopic (exact) mass is 350 g/mol. The van der Waals surface area contributed by atoms with Gasteiger partial charge in [0.05, 0.1) is 18.1 Å². The van der Waals surface area contributed by atoms with Crippen molar-refractivity contribution in [1.29, 1.82) is 0 Å². The second kappa shape index (κ2) is 7.73. The van der Waals surface area contributed by atoms with Crippen LogP contribution in [0.3, 0.4) is 0 Å². The average molecular weight is 351 g/mol. The molecule has 2 aromatic rings. The van der Waals surface area contributed by atoms with Crippen LogP contribution >= 0.6 is 15.9 Å². The average Bonchev–Trinajstić information content (AvgIpc) is 2.88. The Kier molecular flexibility index (Phi) is 5.96. The molecule has 21 heavy (non-hydrogen) atoms. The molecule has 0 fully saturated rings. The molecule has 1 aromatic carbocycles. The molecule has 0 aliphatic carbocycles. The predicted molar refractivity (Wildman–Crippen MR) is 89.9 cm³/mol. The number of benzene rings is 1. The first-order valence-electron chi connectivity index (χ1n) is 7.30. The fourth-order valence-corrected chi connectivity index (χ4v) is 3.04. The Hall–Kier alpha value is -1.17. The van der Waals surface area contributed by atoms with E-state index in [0.717, 1.165) is 24.0 Å². The van der Waals surface area contributed by atoms with Gasteiger partial charge in [-0.1, -0.05) is 35.0 Å². The highest BCUT2D eigenvalue weighted by Crippen LogP contribution is 2.21. The van der Waals surface area contributed by atoms with Gasteiger partial charge in [-0.15, -0.1) is 0 Å². The van der Waals surface area contributed by atoms with E-state index in [0.29, 0.717) is 6.54 Å². The van der Waals surface area contributed by atoms with Gasteiger partial charge in [0.15, 0.2) is 0 Å². The van der Waals surface area contributed by atoms with Crippen LogP contribution in [0.1, 0.15) is 30.6 Å². The maximum Gasteiger partial charge on any atom is 0.0948 e. The van der Waals surface area contributed by atoms with Gasteiger partial charge in [-0.2, -0.15) is 0 Å². The topological polar surface area (TPSA) is 47.1 Å². The Morgan fingerprint density at radius 1 is 1.43 bits per heavy atom. The highest BCUT2D eigenvalue weighted by atomic mass is 79.9. The smallest absolute Gasteiger partial charge is 0.0948 e. The van der Waals surface area contributed by atoms with Gasteiger partial charge in [-0.05, 0) is 31.2 Å². The molecule has 1 heterocycles. The highest BCUT2D eigenvalue weighted by Gasteiger charge is 2.19. The molecule has 0 aliphatic heterocycles. The van der Waals surface area contributed by atoms with Gasteiger partial charge in [0.2, 0.25) is 0 Å². The van der Waals surface area contributed by atoms with Crippen molar-refractivity contribution in [3.8, 4) is 0 Å². The summed E-state index contributed by atoms with van der Waals surface area (Å²) in [6.07, 6.45) is 4.93. The van der Waals surface area contributed by atoms with Gasteiger partial charge in [-0.3, -0.25) is 4.90 Å². The van der Waals surface area contributed by atoms with Crippen molar-refractivity contribution < 1.29 is 0 Å². The van der Waals surface area contributed by atoms with Crippen LogP contribution in [0.5, 0.6) is 0 Å². The molecule has 0 bridgehead atoms. The zero-order valence-electron chi connectivity index (χ0n) is 12.7. The molecule has 4 nitrogen and oxygen atoms in total. The summed E-state index contributed by atoms with van der Waals surface area (Å²) >= 11 is 3.52. The molecule has 2 rings (SSSR count). The normalized spacial score (nSPS) is 12.8. The molecule has 0 spiro atoms. The van der Waals surface area contributed by atoms with Crippen LogP contribution in [-0.4, -0.2) is 28.0 Å². The quantitative estimate of drug-likeness (QED) is 0.833. The van der Waals surface area contributed by atoms with Crippen molar-refractivity contribution in [2.45, 2.75) is 32.5 Å². The third-order valence-electron chi connectivity index (χ3n) is 3.63. The third-order valence-corrected chi connectivity index (χ3v) is 4.12. The highest BCUT2D eigenvalue weighted by molar-refractivity contribution is 9.10. The number of hydrogen-bond acceptors (Lipinski definition) is 3. The fourth-order valence-electron chi connectivity index (χ4n) is 2.60. The number of aryl methyl sites for hydroxylation is 1. The van der Waals surface area contributed by atoms with E-state index in [1.165, 1.54) is 11.3 Å². The number of hydrogen-bond donors (Lipinski definition) is 1. The molecule has 2 N–H and O–H groups in total. The van der Waals surface area contributed by atoms with Crippen molar-refractivity contribution in [1.82, 2.24) is 14.5 Å². The van der Waals surface area contributed by atoms with E-state index in [-0.39, 0.29) is 6.04 Å². The minimum absolute atomic E-state index is 0.179. The lowest BCUT2D eigenvalue weighted by Crippen LogP contribution is -2.31. The second-order valence-corrected chi connectivity index (χ2v) is 6.22. The molecule has 0 radical (unpaired) electrons. The summed E-state index contributed by atoms with van der Waals surface area (Å²) in [6.45, 7) is 4.60. The van der Waals surface area contributed by atoms with E-state index in [4.69, 9.17) is 5.73 Å². The number of likely N-dealkylation sites (N-methyl/N-ethyl adjacent to an activating group) is 1. The molecule has 1 unspecified atom stereocenters. The van der Waals surface area contributed by atoms with Crippen LogP contribution in [0.15, 0.2) is 41.3 Å². The van der Waals surface area contributed by atoms with Crippen LogP contribution in [0, 0.1) is 0 Å². The van der Waals surface area contributed by atoms with E-state index < -0.39 is 0 Å². The predicted octanol–water partition coefficient (Wildman–Crippen LogP) is 3.19. The summed E-state index contributed by atoms with van der Waals surface area (Å²) in [6, 6.07) is 8.57. The molecule has 0 saturated heterocycles. The minimum atomic E-state index is 0.179. The number of rotatable bonds is 7. The van der Waals surface area contributed by atoms with E-state index in [9.17, 15) is 0 Å². The molecule has 1 aromatic heterocycles. The summed E-state index contributed by atoms with van der Waals surface area (Å²) in [4.78, 5) is 6.57. The number of nitrogens with two attached hydrogens (primary N) is 1. The van der Waals surface area contributed by atoms with Crippen LogP contribution in [0.25, 0.3) is 0 Å². The summed E-state index contributed by atoms with van der Waals surface area (Å²) in [5.41, 5.74) is 8.48. The van der Waals surface area contributed by atoms with E-state index in [2.05, 4.69) is 62.6 Å². The van der Waals surface area contributed by atoms with E-state index in [1.54, 1.807) is 0 Å². The van der Waals surface area contributed by atoms with E-state index >= 15 is 0 Å². The summed E-state index contributed by atoms with van der Waals surface area (Å²) in [7, 11) is 2.11. The Morgan fingerprint density at radius 2 is 2.24 bits per heavy atom. The SMILES string of the molecule is CCCn1cncc1C(CN)N(C)Cc1cccc(Br)c1. The van der Waals surface area contributed by atoms with Gasteiger partial charge in [-0.25, -0.2) is 4.98 Å². The zero-order chi connectivity index (χ0) is 15.2. The maximum absolute atomic E-state index is 6.02. The summed E-state index contributed by atoms with van der Waals surface area (Å²) < 4.78 is 3.31. The van der Waals surface area contributed by atoms with Crippen molar-refractivity contribution in [3.63, 3.8) is 0 Å². The lowest BCUT2D eigenvalue weighted by Gasteiger charge is -2.28. The molecule has 1 atom stereocenters.